The quantitative estimate of drug-likeness (QED) is 0.771. The molecule has 1 fully saturated rings. The lowest BCUT2D eigenvalue weighted by molar-refractivity contribution is -0.117. The number of carbonyl (C=O) groups is 2. The van der Waals surface area contributed by atoms with Gasteiger partial charge in [-0.3, -0.25) is 9.69 Å². The molecule has 1 amide bonds. The Labute approximate surface area is 153 Å². The Morgan fingerprint density at radius 1 is 1.33 bits per heavy atom. The number of thiophene rings is 1. The summed E-state index contributed by atoms with van der Waals surface area (Å²) in [6.07, 6.45) is 1.83. The normalized spacial score (nSPS) is 15.7. The van der Waals surface area contributed by atoms with Gasteiger partial charge in [-0.05, 0) is 39.2 Å². The second kappa shape index (κ2) is 9.36. The first-order valence-corrected chi connectivity index (χ1v) is 8.78. The number of halogens is 1. The number of piperidine rings is 1. The van der Waals surface area contributed by atoms with Crippen molar-refractivity contribution in [2.45, 2.75) is 39.7 Å². The molecule has 1 aliphatic rings. The van der Waals surface area contributed by atoms with Crippen molar-refractivity contribution in [2.75, 3.05) is 31.6 Å². The summed E-state index contributed by atoms with van der Waals surface area (Å²) in [6, 6.07) is 0.243. The molecular formula is C16H26ClN3O3S. The van der Waals surface area contributed by atoms with Crippen LogP contribution >= 0.6 is 23.7 Å². The molecule has 0 unspecified atom stereocenters. The molecule has 0 aromatic carbocycles. The molecule has 24 heavy (non-hydrogen) atoms. The molecule has 0 radical (unpaired) electrons. The van der Waals surface area contributed by atoms with Crippen molar-refractivity contribution in [3.63, 3.8) is 0 Å². The van der Waals surface area contributed by atoms with Crippen LogP contribution in [0.1, 0.15) is 40.6 Å². The van der Waals surface area contributed by atoms with Gasteiger partial charge in [-0.15, -0.1) is 23.7 Å². The maximum absolute atomic E-state index is 12.3. The number of anilines is 1. The highest BCUT2D eigenvalue weighted by molar-refractivity contribution is 7.16. The van der Waals surface area contributed by atoms with Crippen molar-refractivity contribution >= 4 is 40.6 Å². The van der Waals surface area contributed by atoms with Gasteiger partial charge in [0, 0.05) is 24.0 Å². The monoisotopic (exact) mass is 375 g/mol. The molecule has 0 saturated carbocycles. The third kappa shape index (κ3) is 5.17. The van der Waals surface area contributed by atoms with Gasteiger partial charge in [0.05, 0.1) is 18.7 Å². The zero-order valence-corrected chi connectivity index (χ0v) is 16.0. The second-order valence-electron chi connectivity index (χ2n) is 5.87. The van der Waals surface area contributed by atoms with E-state index in [-0.39, 0.29) is 30.3 Å². The molecule has 3 N–H and O–H groups in total. The Kier molecular flexibility index (Phi) is 8.15. The molecule has 1 aromatic rings. The number of aryl methyl sites for hydroxylation is 1. The molecule has 136 valence electrons. The Balaban J connectivity index is 0.00000288. The molecule has 0 atom stereocenters. The van der Waals surface area contributed by atoms with Crippen LogP contribution in [0.5, 0.6) is 0 Å². The third-order valence-electron chi connectivity index (χ3n) is 4.12. The van der Waals surface area contributed by atoms with Gasteiger partial charge >= 0.3 is 5.97 Å². The van der Waals surface area contributed by atoms with Gasteiger partial charge in [-0.25, -0.2) is 4.79 Å². The average molecular weight is 376 g/mol. The van der Waals surface area contributed by atoms with Crippen molar-refractivity contribution in [3.8, 4) is 0 Å². The molecule has 1 aliphatic heterocycles. The first-order valence-electron chi connectivity index (χ1n) is 7.97. The first kappa shape index (κ1) is 20.9. The minimum atomic E-state index is -0.381. The number of amides is 1. The molecule has 0 bridgehead atoms. The summed E-state index contributed by atoms with van der Waals surface area (Å²) in [5.74, 6) is -0.485. The maximum atomic E-state index is 12.3. The molecule has 1 aromatic heterocycles. The van der Waals surface area contributed by atoms with E-state index in [4.69, 9.17) is 10.5 Å². The van der Waals surface area contributed by atoms with Gasteiger partial charge in [-0.1, -0.05) is 0 Å². The van der Waals surface area contributed by atoms with Crippen molar-refractivity contribution < 1.29 is 14.3 Å². The number of rotatable bonds is 5. The van der Waals surface area contributed by atoms with Crippen LogP contribution in [-0.4, -0.2) is 49.1 Å². The fraction of sp³-hybridized carbons (Fsp3) is 0.625. The molecular weight excluding hydrogens is 350 g/mol. The summed E-state index contributed by atoms with van der Waals surface area (Å²) in [5, 5.41) is 3.46. The number of esters is 1. The van der Waals surface area contributed by atoms with Crippen LogP contribution in [0.25, 0.3) is 0 Å². The molecule has 1 saturated heterocycles. The van der Waals surface area contributed by atoms with Gasteiger partial charge in [0.1, 0.15) is 5.00 Å². The highest BCUT2D eigenvalue weighted by Gasteiger charge is 2.23. The van der Waals surface area contributed by atoms with Crippen LogP contribution < -0.4 is 11.1 Å². The predicted octanol–water partition coefficient (Wildman–Crippen LogP) is 2.33. The number of hydrogen-bond donors (Lipinski definition) is 2. The van der Waals surface area contributed by atoms with Crippen molar-refractivity contribution in [1.29, 1.82) is 0 Å². The highest BCUT2D eigenvalue weighted by Crippen LogP contribution is 2.33. The summed E-state index contributed by atoms with van der Waals surface area (Å²) in [5.41, 5.74) is 7.22. The van der Waals surface area contributed by atoms with Crippen LogP contribution in [0.2, 0.25) is 0 Å². The average Bonchev–Trinajstić information content (AvgIpc) is 2.76. The van der Waals surface area contributed by atoms with Crippen LogP contribution in [0.15, 0.2) is 0 Å². The fourth-order valence-corrected chi connectivity index (χ4v) is 3.71. The van der Waals surface area contributed by atoms with E-state index in [1.54, 1.807) is 6.92 Å². The Hall–Kier alpha value is -1.15. The van der Waals surface area contributed by atoms with E-state index < -0.39 is 0 Å². The largest absolute Gasteiger partial charge is 0.462 e. The number of nitrogens with one attached hydrogen (secondary N) is 1. The van der Waals surface area contributed by atoms with E-state index in [0.29, 0.717) is 23.7 Å². The molecule has 8 heteroatoms. The maximum Gasteiger partial charge on any atom is 0.341 e. The molecule has 0 spiro atoms. The van der Waals surface area contributed by atoms with E-state index in [9.17, 15) is 9.59 Å². The lowest BCUT2D eigenvalue weighted by atomic mass is 10.1. The van der Waals surface area contributed by atoms with E-state index in [1.807, 2.05) is 13.8 Å². The number of nitrogens with zero attached hydrogens (tertiary/aromatic N) is 1. The van der Waals surface area contributed by atoms with Gasteiger partial charge in [0.25, 0.3) is 0 Å². The predicted molar refractivity (Wildman–Crippen MR) is 99.3 cm³/mol. The lowest BCUT2D eigenvalue weighted by Crippen LogP contribution is -2.43. The Morgan fingerprint density at radius 3 is 2.54 bits per heavy atom. The Morgan fingerprint density at radius 2 is 1.96 bits per heavy atom. The van der Waals surface area contributed by atoms with Crippen LogP contribution in [-0.2, 0) is 9.53 Å². The SMILES string of the molecule is CCOC(=O)c1c(NC(=O)CN2CCC(N)CC2)sc(C)c1C.Cl. The van der Waals surface area contributed by atoms with E-state index >= 15 is 0 Å². The Bertz CT molecular complexity index is 583. The first-order chi connectivity index (χ1) is 10.9. The zero-order chi connectivity index (χ0) is 17.0. The smallest absolute Gasteiger partial charge is 0.341 e. The van der Waals surface area contributed by atoms with Crippen LogP contribution in [0.4, 0.5) is 5.00 Å². The van der Waals surface area contributed by atoms with Crippen molar-refractivity contribution in [2.24, 2.45) is 5.73 Å². The van der Waals surface area contributed by atoms with E-state index in [1.165, 1.54) is 11.3 Å². The third-order valence-corrected chi connectivity index (χ3v) is 5.24. The standard InChI is InChI=1S/C16H25N3O3S.ClH/c1-4-22-16(21)14-10(2)11(3)23-15(14)18-13(20)9-19-7-5-12(17)6-8-19;/h12H,4-9,17H2,1-3H3,(H,18,20);1H. The molecule has 2 rings (SSSR count). The number of hydrogen-bond acceptors (Lipinski definition) is 6. The van der Waals surface area contributed by atoms with Gasteiger partial charge in [-0.2, -0.15) is 0 Å². The summed E-state index contributed by atoms with van der Waals surface area (Å²) in [6.45, 7) is 7.89. The van der Waals surface area contributed by atoms with Crippen molar-refractivity contribution in [1.82, 2.24) is 4.90 Å². The number of ether oxygens (including phenoxy) is 1. The fourth-order valence-electron chi connectivity index (χ4n) is 2.64. The van der Waals surface area contributed by atoms with Crippen LogP contribution in [0, 0.1) is 13.8 Å². The van der Waals surface area contributed by atoms with Gasteiger partial charge in [0.2, 0.25) is 5.91 Å². The number of nitrogens with two attached hydrogens (primary N) is 1. The van der Waals surface area contributed by atoms with Gasteiger partial charge in [0.15, 0.2) is 0 Å². The molecule has 0 aliphatic carbocycles. The lowest BCUT2D eigenvalue weighted by Gasteiger charge is -2.29. The van der Waals surface area contributed by atoms with Gasteiger partial charge < -0.3 is 15.8 Å². The van der Waals surface area contributed by atoms with Crippen molar-refractivity contribution in [3.05, 3.63) is 16.0 Å². The summed E-state index contributed by atoms with van der Waals surface area (Å²) in [4.78, 5) is 27.5. The summed E-state index contributed by atoms with van der Waals surface area (Å²) < 4.78 is 5.10. The summed E-state index contributed by atoms with van der Waals surface area (Å²) in [7, 11) is 0. The second-order valence-corrected chi connectivity index (χ2v) is 7.09. The minimum absolute atomic E-state index is 0. The molecule has 6 nitrogen and oxygen atoms in total. The minimum Gasteiger partial charge on any atom is -0.462 e. The summed E-state index contributed by atoms with van der Waals surface area (Å²) >= 11 is 1.41. The van der Waals surface area contributed by atoms with Crippen LogP contribution in [0.3, 0.4) is 0 Å². The number of carbonyl (C=O) groups excluding carboxylic acids is 2. The molecule has 2 heterocycles. The topological polar surface area (TPSA) is 84.7 Å². The van der Waals surface area contributed by atoms with E-state index in [2.05, 4.69) is 10.2 Å². The zero-order valence-electron chi connectivity index (χ0n) is 14.4. The highest BCUT2D eigenvalue weighted by atomic mass is 35.5. The van der Waals surface area contributed by atoms with E-state index in [0.717, 1.165) is 36.4 Å². The number of likely N-dealkylation sites (tertiary alicyclic amines) is 1.